The molecule has 1 aromatic heterocycles. The molecule has 0 aliphatic carbocycles. The maximum atomic E-state index is 12.7. The minimum absolute atomic E-state index is 0.185. The molecule has 4 rings (SSSR count). The lowest BCUT2D eigenvalue weighted by Gasteiger charge is -2.34. The number of aromatic nitrogens is 2. The number of nitrogens with zero attached hydrogens (tertiary/aromatic N) is 4. The van der Waals surface area contributed by atoms with E-state index < -0.39 is 0 Å². The second kappa shape index (κ2) is 9.90. The molecule has 7 heteroatoms. The molecule has 7 nitrogen and oxygen atoms in total. The Morgan fingerprint density at radius 2 is 1.97 bits per heavy atom. The molecule has 1 aromatic carbocycles. The number of piperidine rings is 1. The Bertz CT molecular complexity index is 897. The summed E-state index contributed by atoms with van der Waals surface area (Å²) in [5.74, 6) is 1.53. The number of likely N-dealkylation sites (tertiary alicyclic amines) is 2. The van der Waals surface area contributed by atoms with Gasteiger partial charge in [0.1, 0.15) is 0 Å². The van der Waals surface area contributed by atoms with Crippen LogP contribution in [-0.4, -0.2) is 64.4 Å². The maximum Gasteiger partial charge on any atom is 0.232 e. The van der Waals surface area contributed by atoms with E-state index in [0.717, 1.165) is 50.1 Å². The van der Waals surface area contributed by atoms with Crippen LogP contribution in [0.3, 0.4) is 0 Å². The van der Waals surface area contributed by atoms with E-state index >= 15 is 0 Å². The normalized spacial score (nSPS) is 19.6. The fraction of sp³-hybridized carbons (Fsp3) is 0.500. The van der Waals surface area contributed by atoms with Gasteiger partial charge in [-0.15, -0.1) is 0 Å². The van der Waals surface area contributed by atoms with Crippen molar-refractivity contribution in [3.05, 3.63) is 54.0 Å². The summed E-state index contributed by atoms with van der Waals surface area (Å²) in [6.07, 6.45) is 7.68. The van der Waals surface area contributed by atoms with Gasteiger partial charge in [-0.3, -0.25) is 14.6 Å². The van der Waals surface area contributed by atoms with E-state index in [1.165, 1.54) is 0 Å². The van der Waals surface area contributed by atoms with Crippen molar-refractivity contribution in [1.29, 1.82) is 0 Å². The van der Waals surface area contributed by atoms with Crippen LogP contribution in [-0.2, 0) is 16.0 Å². The summed E-state index contributed by atoms with van der Waals surface area (Å²) >= 11 is 0. The third-order valence-electron chi connectivity index (χ3n) is 6.35. The number of benzene rings is 1. The predicted molar refractivity (Wildman–Crippen MR) is 116 cm³/mol. The highest BCUT2D eigenvalue weighted by Gasteiger charge is 2.33. The number of carbonyl (C=O) groups excluding carboxylic acids is 2. The third kappa shape index (κ3) is 5.60. The average molecular weight is 423 g/mol. The number of hydrogen-bond donors (Lipinski definition) is 0. The molecule has 0 radical (unpaired) electrons. The first-order chi connectivity index (χ1) is 15.1. The smallest absolute Gasteiger partial charge is 0.232 e. The Morgan fingerprint density at radius 3 is 2.71 bits per heavy atom. The van der Waals surface area contributed by atoms with Gasteiger partial charge in [0.05, 0.1) is 19.2 Å². The van der Waals surface area contributed by atoms with Crippen LogP contribution in [0.5, 0.6) is 5.88 Å². The lowest BCUT2D eigenvalue weighted by atomic mass is 9.95. The third-order valence-corrected chi connectivity index (χ3v) is 6.35. The molecule has 2 saturated heterocycles. The molecule has 0 spiro atoms. The van der Waals surface area contributed by atoms with Crippen molar-refractivity contribution in [3.8, 4) is 5.88 Å². The number of carbonyl (C=O) groups is 2. The fourth-order valence-electron chi connectivity index (χ4n) is 4.47. The van der Waals surface area contributed by atoms with Crippen molar-refractivity contribution in [2.75, 3.05) is 32.8 Å². The summed E-state index contributed by atoms with van der Waals surface area (Å²) in [5, 5.41) is 0. The highest BCUT2D eigenvalue weighted by Crippen LogP contribution is 2.25. The van der Waals surface area contributed by atoms with Crippen LogP contribution in [0.25, 0.3) is 0 Å². The van der Waals surface area contributed by atoms with Crippen LogP contribution in [0.1, 0.15) is 30.4 Å². The van der Waals surface area contributed by atoms with Gasteiger partial charge in [0.25, 0.3) is 0 Å². The van der Waals surface area contributed by atoms with Gasteiger partial charge in [-0.1, -0.05) is 24.3 Å². The molecule has 0 N–H and O–H groups in total. The van der Waals surface area contributed by atoms with Crippen molar-refractivity contribution < 1.29 is 14.3 Å². The molecule has 164 valence electrons. The number of hydrogen-bond acceptors (Lipinski definition) is 5. The van der Waals surface area contributed by atoms with Gasteiger partial charge in [0, 0.05) is 50.9 Å². The molecule has 2 fully saturated rings. The summed E-state index contributed by atoms with van der Waals surface area (Å²) in [5.41, 5.74) is 2.27. The van der Waals surface area contributed by atoms with Gasteiger partial charge < -0.3 is 14.5 Å². The van der Waals surface area contributed by atoms with Gasteiger partial charge in [0.15, 0.2) is 0 Å². The zero-order valence-corrected chi connectivity index (χ0v) is 18.1. The fourth-order valence-corrected chi connectivity index (χ4v) is 4.47. The number of amides is 2. The molecule has 2 aliphatic rings. The molecule has 2 amide bonds. The van der Waals surface area contributed by atoms with Gasteiger partial charge in [0.2, 0.25) is 17.7 Å². The van der Waals surface area contributed by atoms with Gasteiger partial charge in [-0.05, 0) is 36.8 Å². The Morgan fingerprint density at radius 1 is 1.16 bits per heavy atom. The highest BCUT2D eigenvalue weighted by atomic mass is 16.5. The van der Waals surface area contributed by atoms with E-state index in [9.17, 15) is 9.59 Å². The summed E-state index contributed by atoms with van der Waals surface area (Å²) in [4.78, 5) is 37.2. The SMILES string of the molecule is Cc1ccccc1CC(=O)N1CCC(CN2CC(COc3cnccn3)CC2=O)CC1. The zero-order valence-electron chi connectivity index (χ0n) is 18.1. The lowest BCUT2D eigenvalue weighted by molar-refractivity contribution is -0.133. The van der Waals surface area contributed by atoms with Crippen LogP contribution in [0, 0.1) is 18.8 Å². The Balaban J connectivity index is 1.20. The molecule has 3 heterocycles. The molecular formula is C24H30N4O3. The molecule has 1 atom stereocenters. The first-order valence-electron chi connectivity index (χ1n) is 11.1. The molecule has 2 aromatic rings. The van der Waals surface area contributed by atoms with E-state index in [4.69, 9.17) is 4.74 Å². The van der Waals surface area contributed by atoms with Crippen molar-refractivity contribution >= 4 is 11.8 Å². The van der Waals surface area contributed by atoms with Gasteiger partial charge in [-0.25, -0.2) is 4.98 Å². The highest BCUT2D eigenvalue weighted by molar-refractivity contribution is 5.79. The van der Waals surface area contributed by atoms with Crippen molar-refractivity contribution in [2.45, 2.75) is 32.6 Å². The molecule has 0 bridgehead atoms. The summed E-state index contributed by atoms with van der Waals surface area (Å²) < 4.78 is 5.68. The van der Waals surface area contributed by atoms with Crippen LogP contribution in [0.15, 0.2) is 42.9 Å². The number of ether oxygens (including phenoxy) is 1. The van der Waals surface area contributed by atoms with Crippen molar-refractivity contribution in [2.24, 2.45) is 11.8 Å². The standard InChI is InChI=1S/C24H30N4O3/c1-18-4-2-3-5-21(18)13-24(30)27-10-6-19(7-11-27)15-28-16-20(12-23(28)29)17-31-22-14-25-8-9-26-22/h2-5,8-9,14,19-20H,6-7,10-13,15-17H2,1H3. The average Bonchev–Trinajstić information content (AvgIpc) is 3.14. The summed E-state index contributed by atoms with van der Waals surface area (Å²) in [6, 6.07) is 8.07. The Hall–Kier alpha value is -2.96. The second-order valence-electron chi connectivity index (χ2n) is 8.65. The second-order valence-corrected chi connectivity index (χ2v) is 8.65. The molecule has 2 aliphatic heterocycles. The van der Waals surface area contributed by atoms with Crippen LogP contribution < -0.4 is 4.74 Å². The minimum Gasteiger partial charge on any atom is -0.476 e. The van der Waals surface area contributed by atoms with Crippen LogP contribution >= 0.6 is 0 Å². The maximum absolute atomic E-state index is 12.7. The topological polar surface area (TPSA) is 75.6 Å². The van der Waals surface area contributed by atoms with E-state index in [1.807, 2.05) is 41.0 Å². The number of rotatable bonds is 7. The van der Waals surface area contributed by atoms with E-state index in [0.29, 0.717) is 31.2 Å². The van der Waals surface area contributed by atoms with E-state index in [1.54, 1.807) is 18.6 Å². The monoisotopic (exact) mass is 422 g/mol. The largest absolute Gasteiger partial charge is 0.476 e. The minimum atomic E-state index is 0.185. The van der Waals surface area contributed by atoms with E-state index in [-0.39, 0.29) is 17.7 Å². The van der Waals surface area contributed by atoms with Crippen molar-refractivity contribution in [3.63, 3.8) is 0 Å². The Kier molecular flexibility index (Phi) is 6.79. The Labute approximate surface area is 183 Å². The van der Waals surface area contributed by atoms with Crippen LogP contribution in [0.4, 0.5) is 0 Å². The lowest BCUT2D eigenvalue weighted by Crippen LogP contribution is -2.42. The number of aryl methyl sites for hydroxylation is 1. The summed E-state index contributed by atoms with van der Waals surface area (Å²) in [6.45, 7) is 5.58. The molecule has 31 heavy (non-hydrogen) atoms. The van der Waals surface area contributed by atoms with Gasteiger partial charge >= 0.3 is 0 Å². The first-order valence-corrected chi connectivity index (χ1v) is 11.1. The quantitative estimate of drug-likeness (QED) is 0.685. The van der Waals surface area contributed by atoms with Crippen molar-refractivity contribution in [1.82, 2.24) is 19.8 Å². The molecule has 1 unspecified atom stereocenters. The first kappa shape index (κ1) is 21.3. The van der Waals surface area contributed by atoms with Gasteiger partial charge in [-0.2, -0.15) is 0 Å². The predicted octanol–water partition coefficient (Wildman–Crippen LogP) is 2.49. The molecule has 0 saturated carbocycles. The molecular weight excluding hydrogens is 392 g/mol. The zero-order chi connectivity index (χ0) is 21.6. The van der Waals surface area contributed by atoms with Crippen LogP contribution in [0.2, 0.25) is 0 Å². The van der Waals surface area contributed by atoms with E-state index in [2.05, 4.69) is 9.97 Å². The summed E-state index contributed by atoms with van der Waals surface area (Å²) in [7, 11) is 0.